The topological polar surface area (TPSA) is 90.6 Å². The van der Waals surface area contributed by atoms with Crippen molar-refractivity contribution in [1.29, 1.82) is 0 Å². The molecule has 0 unspecified atom stereocenters. The average molecular weight is 431 g/mol. The number of amides is 1. The quantitative estimate of drug-likeness (QED) is 0.481. The maximum atomic E-state index is 12.5. The number of nitrogens with one attached hydrogen (secondary N) is 1. The molecule has 32 heavy (non-hydrogen) atoms. The lowest BCUT2D eigenvalue weighted by Gasteiger charge is -2.11. The van der Waals surface area contributed by atoms with Crippen molar-refractivity contribution in [2.45, 2.75) is 26.3 Å². The third kappa shape index (κ3) is 4.54. The summed E-state index contributed by atoms with van der Waals surface area (Å²) in [7, 11) is 3.27. The van der Waals surface area contributed by atoms with Crippen molar-refractivity contribution in [3.8, 4) is 22.8 Å². The fourth-order valence-electron chi connectivity index (χ4n) is 3.51. The molecule has 1 atom stereocenters. The second kappa shape index (κ2) is 9.05. The van der Waals surface area contributed by atoms with E-state index < -0.39 is 0 Å². The van der Waals surface area contributed by atoms with Crippen LogP contribution in [-0.2, 0) is 11.2 Å². The first-order valence-corrected chi connectivity index (χ1v) is 10.3. The van der Waals surface area contributed by atoms with Crippen LogP contribution in [0, 0.1) is 6.92 Å². The molecule has 8 heteroatoms. The Morgan fingerprint density at radius 3 is 2.56 bits per heavy atom. The van der Waals surface area contributed by atoms with Crippen molar-refractivity contribution in [2.75, 3.05) is 14.2 Å². The van der Waals surface area contributed by atoms with Crippen molar-refractivity contribution in [2.24, 2.45) is 0 Å². The number of nitrogens with zero attached hydrogens (tertiary/aromatic N) is 4. The molecule has 2 heterocycles. The van der Waals surface area contributed by atoms with Crippen molar-refractivity contribution in [3.63, 3.8) is 0 Å². The molecule has 1 N–H and O–H groups in total. The van der Waals surface area contributed by atoms with Gasteiger partial charge in [0.25, 0.3) is 0 Å². The number of aromatic nitrogens is 4. The van der Waals surface area contributed by atoms with Gasteiger partial charge in [-0.05, 0) is 55.3 Å². The molecule has 0 saturated heterocycles. The highest BCUT2D eigenvalue weighted by atomic mass is 16.5. The average Bonchev–Trinajstić information content (AvgIpc) is 3.23. The van der Waals surface area contributed by atoms with Crippen LogP contribution in [0.15, 0.2) is 54.9 Å². The van der Waals surface area contributed by atoms with E-state index in [0.29, 0.717) is 11.5 Å². The van der Waals surface area contributed by atoms with Crippen LogP contribution in [0.5, 0.6) is 11.5 Å². The van der Waals surface area contributed by atoms with Gasteiger partial charge in [-0.25, -0.2) is 14.5 Å². The molecule has 0 saturated carbocycles. The molecule has 0 radical (unpaired) electrons. The summed E-state index contributed by atoms with van der Waals surface area (Å²) in [6.07, 6.45) is 1.89. The second-order valence-electron chi connectivity index (χ2n) is 7.55. The van der Waals surface area contributed by atoms with Crippen molar-refractivity contribution < 1.29 is 14.3 Å². The predicted molar refractivity (Wildman–Crippen MR) is 121 cm³/mol. The lowest BCUT2D eigenvalue weighted by Crippen LogP contribution is -2.28. The second-order valence-corrected chi connectivity index (χ2v) is 7.55. The summed E-state index contributed by atoms with van der Waals surface area (Å²) >= 11 is 0. The number of fused-ring (bicyclic) bond motifs is 1. The van der Waals surface area contributed by atoms with E-state index in [1.165, 1.54) is 0 Å². The molecule has 2 aromatic carbocycles. The fraction of sp³-hybridized carbons (Fsp3) is 0.250. The van der Waals surface area contributed by atoms with Gasteiger partial charge in [-0.1, -0.05) is 12.1 Å². The van der Waals surface area contributed by atoms with Crippen LogP contribution in [0.1, 0.15) is 29.9 Å². The highest BCUT2D eigenvalue weighted by Gasteiger charge is 2.16. The van der Waals surface area contributed by atoms with E-state index in [9.17, 15) is 4.79 Å². The smallest absolute Gasteiger partial charge is 0.224 e. The molecule has 164 valence electrons. The van der Waals surface area contributed by atoms with Gasteiger partial charge in [0.1, 0.15) is 17.8 Å². The largest absolute Gasteiger partial charge is 0.497 e. The van der Waals surface area contributed by atoms with E-state index in [-0.39, 0.29) is 18.4 Å². The molecule has 4 rings (SSSR count). The molecule has 8 nitrogen and oxygen atoms in total. The summed E-state index contributed by atoms with van der Waals surface area (Å²) < 4.78 is 12.1. The van der Waals surface area contributed by atoms with Crippen LogP contribution in [0.4, 0.5) is 0 Å². The Kier molecular flexibility index (Phi) is 6.02. The molecule has 0 aliphatic rings. The minimum absolute atomic E-state index is 0.0991. The molecule has 1 amide bonds. The van der Waals surface area contributed by atoms with Crippen LogP contribution in [-0.4, -0.2) is 39.7 Å². The predicted octanol–water partition coefficient (Wildman–Crippen LogP) is 3.54. The molecule has 0 fully saturated rings. The van der Waals surface area contributed by atoms with Gasteiger partial charge in [0.05, 0.1) is 32.4 Å². The summed E-state index contributed by atoms with van der Waals surface area (Å²) in [6.45, 7) is 3.82. The summed E-state index contributed by atoms with van der Waals surface area (Å²) in [5, 5.41) is 7.43. The number of aryl methyl sites for hydroxylation is 1. The Morgan fingerprint density at radius 2 is 1.88 bits per heavy atom. The molecule has 0 aliphatic carbocycles. The van der Waals surface area contributed by atoms with Crippen LogP contribution < -0.4 is 14.8 Å². The molecular weight excluding hydrogens is 406 g/mol. The van der Waals surface area contributed by atoms with E-state index in [2.05, 4.69) is 20.4 Å². The summed E-state index contributed by atoms with van der Waals surface area (Å²) in [5.41, 5.74) is 4.31. The maximum Gasteiger partial charge on any atom is 0.224 e. The van der Waals surface area contributed by atoms with Crippen LogP contribution in [0.2, 0.25) is 0 Å². The number of ether oxygens (including phenoxy) is 2. The van der Waals surface area contributed by atoms with Crippen LogP contribution >= 0.6 is 0 Å². The molecule has 2 aromatic heterocycles. The van der Waals surface area contributed by atoms with Gasteiger partial charge in [0.2, 0.25) is 5.91 Å². The highest BCUT2D eigenvalue weighted by Crippen LogP contribution is 2.22. The van der Waals surface area contributed by atoms with Gasteiger partial charge in [-0.2, -0.15) is 0 Å². The van der Waals surface area contributed by atoms with Crippen LogP contribution in [0.25, 0.3) is 16.9 Å². The van der Waals surface area contributed by atoms with Crippen molar-refractivity contribution in [3.05, 3.63) is 71.8 Å². The zero-order valence-corrected chi connectivity index (χ0v) is 18.5. The van der Waals surface area contributed by atoms with E-state index in [0.717, 1.165) is 33.9 Å². The zero-order chi connectivity index (χ0) is 22.7. The number of benzene rings is 2. The number of rotatable bonds is 7. The fourth-order valence-corrected chi connectivity index (χ4v) is 3.51. The number of carbonyl (C=O) groups excluding carboxylic acids is 1. The van der Waals surface area contributed by atoms with E-state index in [1.807, 2.05) is 62.4 Å². The highest BCUT2D eigenvalue weighted by molar-refractivity contribution is 5.79. The first-order chi connectivity index (χ1) is 15.5. The molecule has 0 bridgehead atoms. The molecule has 4 aromatic rings. The summed E-state index contributed by atoms with van der Waals surface area (Å²) in [6, 6.07) is 14.9. The van der Waals surface area contributed by atoms with Gasteiger partial charge in [-0.3, -0.25) is 4.79 Å². The van der Waals surface area contributed by atoms with E-state index in [4.69, 9.17) is 9.47 Å². The number of hydrogen-bond donors (Lipinski definition) is 1. The van der Waals surface area contributed by atoms with Crippen LogP contribution in [0.3, 0.4) is 0 Å². The van der Waals surface area contributed by atoms with E-state index >= 15 is 0 Å². The maximum absolute atomic E-state index is 12.5. The third-order valence-corrected chi connectivity index (χ3v) is 5.22. The van der Waals surface area contributed by atoms with Gasteiger partial charge >= 0.3 is 0 Å². The monoisotopic (exact) mass is 431 g/mol. The molecule has 0 aliphatic heterocycles. The van der Waals surface area contributed by atoms with Gasteiger partial charge in [0, 0.05) is 11.6 Å². The standard InChI is InChI=1S/C24H25N5O3/c1-15-11-17(5-10-21(15)32-4)12-23(30)26-16(2)24-27-22-13-20(25-14-29(22)28-24)18-6-8-19(31-3)9-7-18/h5-11,13-14,16H,12H2,1-4H3,(H,26,30)/t16-/m0/s1. The van der Waals surface area contributed by atoms with Crippen molar-refractivity contribution in [1.82, 2.24) is 24.9 Å². The molecule has 0 spiro atoms. The van der Waals surface area contributed by atoms with Gasteiger partial charge in [-0.15, -0.1) is 5.10 Å². The first kappa shape index (κ1) is 21.3. The molecular formula is C24H25N5O3. The van der Waals surface area contributed by atoms with Gasteiger partial charge < -0.3 is 14.8 Å². The lowest BCUT2D eigenvalue weighted by molar-refractivity contribution is -0.121. The Labute approximate surface area is 186 Å². The Hall–Kier alpha value is -3.94. The zero-order valence-electron chi connectivity index (χ0n) is 18.5. The number of carbonyl (C=O) groups is 1. The Morgan fingerprint density at radius 1 is 1.09 bits per heavy atom. The van der Waals surface area contributed by atoms with E-state index in [1.54, 1.807) is 25.1 Å². The third-order valence-electron chi connectivity index (χ3n) is 5.22. The number of methoxy groups -OCH3 is 2. The number of hydrogen-bond acceptors (Lipinski definition) is 6. The van der Waals surface area contributed by atoms with Gasteiger partial charge in [0.15, 0.2) is 11.5 Å². The normalized spacial score (nSPS) is 11.9. The SMILES string of the molecule is COc1ccc(-c2cc3nc([C@H](C)NC(=O)Cc4ccc(OC)c(C)c4)nn3cn2)cc1. The summed E-state index contributed by atoms with van der Waals surface area (Å²) in [5.74, 6) is 2.02. The van der Waals surface area contributed by atoms with Crippen molar-refractivity contribution >= 4 is 11.6 Å². The Bertz CT molecular complexity index is 1250. The first-order valence-electron chi connectivity index (χ1n) is 10.3. The minimum atomic E-state index is -0.341. The minimum Gasteiger partial charge on any atom is -0.497 e. The summed E-state index contributed by atoms with van der Waals surface area (Å²) in [4.78, 5) is 21.6. The lowest BCUT2D eigenvalue weighted by atomic mass is 10.1. The Balaban J connectivity index is 1.46.